The average molecular weight is 1080 g/mol. The van der Waals surface area contributed by atoms with Crippen LogP contribution >= 0.6 is 0 Å². The zero-order chi connectivity index (χ0) is 57.2. The number of carbonyl (C=O) groups excluding carboxylic acids is 6. The summed E-state index contributed by atoms with van der Waals surface area (Å²) < 4.78 is 22.2. The minimum absolute atomic E-state index is 0.0000686. The summed E-state index contributed by atoms with van der Waals surface area (Å²) in [6, 6.07) is 30.8. The monoisotopic (exact) mass is 1080 g/mol. The minimum atomic E-state index is -1.31. The molecule has 1 saturated heterocycles. The van der Waals surface area contributed by atoms with Gasteiger partial charge in [0.25, 0.3) is 0 Å². The van der Waals surface area contributed by atoms with E-state index < -0.39 is 83.1 Å². The fourth-order valence-electron chi connectivity index (χ4n) is 9.98. The number of nitrogens with zero attached hydrogens (tertiary/aromatic N) is 2. The molecule has 7 rings (SSSR count). The number of likely N-dealkylation sites (tertiary alicyclic amines) is 1. The molecule has 0 saturated carbocycles. The van der Waals surface area contributed by atoms with E-state index >= 15 is 0 Å². The van der Waals surface area contributed by atoms with Gasteiger partial charge in [0, 0.05) is 32.4 Å². The molecule has 79 heavy (non-hydrogen) atoms. The van der Waals surface area contributed by atoms with Crippen LogP contribution in [0.25, 0.3) is 21.9 Å². The molecule has 1 heterocycles. The Kier molecular flexibility index (Phi) is 18.9. The van der Waals surface area contributed by atoms with E-state index in [0.717, 1.165) is 43.5 Å². The predicted octanol–water partition coefficient (Wildman–Crippen LogP) is 8.60. The summed E-state index contributed by atoms with van der Waals surface area (Å²) in [5.74, 6) is -3.47. The van der Waals surface area contributed by atoms with Crippen LogP contribution in [-0.2, 0) is 51.0 Å². The number of benzene rings is 5. The van der Waals surface area contributed by atoms with Crippen LogP contribution in [0.3, 0.4) is 0 Å². The Morgan fingerprint density at radius 3 is 1.97 bits per heavy atom. The van der Waals surface area contributed by atoms with Gasteiger partial charge in [-0.25, -0.2) is 19.2 Å². The highest BCUT2D eigenvalue weighted by molar-refractivity contribution is 5.96. The van der Waals surface area contributed by atoms with Crippen molar-refractivity contribution in [3.8, 4) is 16.9 Å². The van der Waals surface area contributed by atoms with Gasteiger partial charge in [-0.3, -0.25) is 19.3 Å². The molecule has 4 N–H and O–H groups in total. The number of allylic oxidation sites excluding steroid dienone is 1. The molecule has 0 radical (unpaired) electrons. The van der Waals surface area contributed by atoms with Crippen molar-refractivity contribution in [2.75, 3.05) is 33.9 Å². The third-order valence-corrected chi connectivity index (χ3v) is 14.4. The van der Waals surface area contributed by atoms with Gasteiger partial charge in [0.15, 0.2) is 0 Å². The van der Waals surface area contributed by atoms with Gasteiger partial charge in [-0.2, -0.15) is 0 Å². The van der Waals surface area contributed by atoms with E-state index in [-0.39, 0.29) is 50.9 Å². The maximum Gasteiger partial charge on any atom is 0.410 e. The Hall–Kier alpha value is -8.21. The molecular formula is C62H73N5O12. The van der Waals surface area contributed by atoms with Crippen LogP contribution < -0.4 is 20.7 Å². The highest BCUT2D eigenvalue weighted by Gasteiger charge is 2.46. The largest absolute Gasteiger partial charge is 0.490 e. The topological polar surface area (TPSA) is 219 Å². The second-order valence-corrected chi connectivity index (χ2v) is 22.4. The molecule has 0 unspecified atom stereocenters. The fourth-order valence-corrected chi connectivity index (χ4v) is 9.98. The van der Waals surface area contributed by atoms with Crippen LogP contribution in [0.2, 0.25) is 0 Å². The lowest BCUT2D eigenvalue weighted by Crippen LogP contribution is -2.60. The quantitative estimate of drug-likeness (QED) is 0.0327. The molecule has 17 heteroatoms. The smallest absolute Gasteiger partial charge is 0.410 e. The van der Waals surface area contributed by atoms with Gasteiger partial charge >= 0.3 is 24.1 Å². The SMILES string of the molecule is COC(=O)[C@H](Cc1ccc(OCC=CC[C@H]2C[C@@H](C(=O)N[C@@H](Cc3ccc4ccccc4c3)C(=O)O)N(C(=O)[C@@H](NC(=O)[C@H](C)N(C)C(=O)OC(C)(C)C)C(C)(C)C)C2)cc1)NC(=O)OCC1c2ccccc2-c2ccccc21. The molecule has 0 spiro atoms. The summed E-state index contributed by atoms with van der Waals surface area (Å²) in [7, 11) is 2.69. The number of carbonyl (C=O) groups is 7. The summed E-state index contributed by atoms with van der Waals surface area (Å²) in [4.78, 5) is 97.1. The first-order valence-electron chi connectivity index (χ1n) is 26.6. The molecule has 0 bridgehead atoms. The van der Waals surface area contributed by atoms with Crippen molar-refractivity contribution >= 4 is 52.6 Å². The number of rotatable bonds is 20. The number of amides is 5. The molecule has 2 aliphatic rings. The van der Waals surface area contributed by atoms with Crippen LogP contribution in [0.1, 0.15) is 89.5 Å². The van der Waals surface area contributed by atoms with Crippen molar-refractivity contribution in [3.05, 3.63) is 150 Å². The zero-order valence-corrected chi connectivity index (χ0v) is 46.4. The number of fused-ring (bicyclic) bond motifs is 4. The number of esters is 1. The number of methoxy groups -OCH3 is 1. The van der Waals surface area contributed by atoms with Gasteiger partial charge in [-0.1, -0.05) is 136 Å². The Bertz CT molecular complexity index is 3010. The second-order valence-electron chi connectivity index (χ2n) is 22.4. The molecule has 5 amide bonds. The van der Waals surface area contributed by atoms with E-state index in [9.17, 15) is 38.7 Å². The molecule has 5 aromatic carbocycles. The summed E-state index contributed by atoms with van der Waals surface area (Å²) in [6.45, 7) is 12.4. The predicted molar refractivity (Wildman–Crippen MR) is 299 cm³/mol. The molecule has 1 fully saturated rings. The van der Waals surface area contributed by atoms with Crippen molar-refractivity contribution < 1.29 is 57.6 Å². The van der Waals surface area contributed by atoms with Crippen molar-refractivity contribution in [2.24, 2.45) is 11.3 Å². The van der Waals surface area contributed by atoms with Crippen molar-refractivity contribution in [1.82, 2.24) is 25.8 Å². The third-order valence-electron chi connectivity index (χ3n) is 14.4. The number of alkyl carbamates (subject to hydrolysis) is 1. The minimum Gasteiger partial charge on any atom is -0.490 e. The van der Waals surface area contributed by atoms with Crippen LogP contribution in [0.4, 0.5) is 9.59 Å². The van der Waals surface area contributed by atoms with Gasteiger partial charge in [0.05, 0.1) is 7.11 Å². The molecule has 1 aliphatic heterocycles. The number of hydrogen-bond donors (Lipinski definition) is 4. The number of nitrogens with one attached hydrogen (secondary N) is 3. The zero-order valence-electron chi connectivity index (χ0n) is 46.4. The van der Waals surface area contributed by atoms with Crippen molar-refractivity contribution in [3.63, 3.8) is 0 Å². The summed E-state index contributed by atoms with van der Waals surface area (Å²) >= 11 is 0. The lowest BCUT2D eigenvalue weighted by molar-refractivity contribution is -0.146. The van der Waals surface area contributed by atoms with Crippen LogP contribution in [0.5, 0.6) is 5.75 Å². The van der Waals surface area contributed by atoms with Crippen LogP contribution in [-0.4, -0.2) is 126 Å². The van der Waals surface area contributed by atoms with Gasteiger partial charge in [0.2, 0.25) is 17.7 Å². The second kappa shape index (κ2) is 25.5. The van der Waals surface area contributed by atoms with E-state index in [1.807, 2.05) is 91.0 Å². The van der Waals surface area contributed by atoms with E-state index in [2.05, 4.69) is 28.1 Å². The number of carboxylic acid groups (broad SMARTS) is 1. The Morgan fingerprint density at radius 2 is 1.35 bits per heavy atom. The first-order chi connectivity index (χ1) is 37.5. The lowest BCUT2D eigenvalue weighted by atomic mass is 9.85. The van der Waals surface area contributed by atoms with Gasteiger partial charge < -0.3 is 44.9 Å². The van der Waals surface area contributed by atoms with E-state index in [1.165, 1.54) is 26.0 Å². The molecule has 418 valence electrons. The number of ether oxygens (including phenoxy) is 4. The summed E-state index contributed by atoms with van der Waals surface area (Å²) in [5, 5.41) is 20.5. The highest BCUT2D eigenvalue weighted by atomic mass is 16.6. The first-order valence-corrected chi connectivity index (χ1v) is 26.6. The normalized spacial score (nSPS) is 16.6. The Morgan fingerprint density at radius 1 is 0.747 bits per heavy atom. The van der Waals surface area contributed by atoms with E-state index in [1.54, 1.807) is 65.8 Å². The summed E-state index contributed by atoms with van der Waals surface area (Å²) in [6.07, 6.45) is 3.03. The first kappa shape index (κ1) is 58.5. The maximum absolute atomic E-state index is 14.8. The average Bonchev–Trinajstić information content (AvgIpc) is 4.09. The van der Waals surface area contributed by atoms with E-state index in [0.29, 0.717) is 17.7 Å². The standard InChI is InChI=1S/C62H73N5O12/c1-38(66(8)60(75)79-62(5,6)7)54(68)65-53(61(2,3)4)56(70)67-36-41(35-52(67)55(69)63-50(57(71)72)34-40-25-28-42-19-10-11-20-43(42)32-40)18-16-17-31-77-44-29-26-39(27-30-44)33-51(58(73)76-9)64-59(74)78-37-49-47-23-14-12-21-45(47)46-22-13-15-24-48(46)49/h10-17,19-30,32,38,41,49-53H,18,31,33-37H2,1-9H3,(H,63,69)(H,64,74)(H,65,68)(H,71,72)/t38-,41-,50-,51-,52-,53+/m0/s1. The molecule has 1 aliphatic carbocycles. The fraction of sp³-hybridized carbons (Fsp3) is 0.403. The van der Waals surface area contributed by atoms with Crippen LogP contribution in [0.15, 0.2) is 127 Å². The maximum atomic E-state index is 14.8. The number of aliphatic carboxylic acids is 1. The van der Waals surface area contributed by atoms with Crippen LogP contribution in [0, 0.1) is 11.3 Å². The number of carboxylic acids is 1. The van der Waals surface area contributed by atoms with E-state index in [4.69, 9.17) is 18.9 Å². The third kappa shape index (κ3) is 15.1. The molecule has 0 aromatic heterocycles. The number of likely N-dealkylation sites (N-methyl/N-ethyl adjacent to an activating group) is 1. The highest BCUT2D eigenvalue weighted by Crippen LogP contribution is 2.44. The van der Waals surface area contributed by atoms with Crippen molar-refractivity contribution in [1.29, 1.82) is 0 Å². The Labute approximate surface area is 462 Å². The Balaban J connectivity index is 0.977. The summed E-state index contributed by atoms with van der Waals surface area (Å²) in [5.41, 5.74) is 4.11. The number of hydrogen-bond acceptors (Lipinski definition) is 11. The lowest BCUT2D eigenvalue weighted by Gasteiger charge is -2.37. The molecular weight excluding hydrogens is 1010 g/mol. The van der Waals surface area contributed by atoms with Crippen molar-refractivity contribution in [2.45, 2.75) is 116 Å². The van der Waals surface area contributed by atoms with Gasteiger partial charge in [-0.15, -0.1) is 0 Å². The molecule has 5 aromatic rings. The molecule has 6 atom stereocenters. The molecule has 17 nitrogen and oxygen atoms in total. The van der Waals surface area contributed by atoms with Gasteiger partial charge in [-0.05, 0) is 108 Å². The van der Waals surface area contributed by atoms with Gasteiger partial charge in [0.1, 0.15) is 54.8 Å².